The highest BCUT2D eigenvalue weighted by atomic mass is 35.5. The average molecular weight is 475 g/mol. The Balaban J connectivity index is 1.60. The summed E-state index contributed by atoms with van der Waals surface area (Å²) in [6.45, 7) is 2.66. The molecule has 1 saturated heterocycles. The molecule has 1 aliphatic rings. The zero-order valence-corrected chi connectivity index (χ0v) is 19.1. The van der Waals surface area contributed by atoms with Gasteiger partial charge in [0.1, 0.15) is 5.75 Å². The molecule has 1 aromatic heterocycles. The van der Waals surface area contributed by atoms with Crippen molar-refractivity contribution in [3.05, 3.63) is 70.9 Å². The van der Waals surface area contributed by atoms with Crippen molar-refractivity contribution in [2.45, 2.75) is 25.9 Å². The van der Waals surface area contributed by atoms with Crippen LogP contribution in [-0.2, 0) is 16.4 Å². The standard InChI is InChI=1S/C23H23ClN2O5S/c1-2-30-19-9-7-16(8-10-19)22-13-21(25-31-22)23(27)26(18-11-12-32(28,29)15-18)14-17-5-3-4-6-20(17)24/h3-10,13,18H,2,11-12,14-15H2,1H3/t18-/m1/s1. The Morgan fingerprint density at radius 1 is 1.22 bits per heavy atom. The van der Waals surface area contributed by atoms with E-state index >= 15 is 0 Å². The molecule has 0 spiro atoms. The van der Waals surface area contributed by atoms with Gasteiger partial charge < -0.3 is 14.2 Å². The van der Waals surface area contributed by atoms with Crippen LogP contribution in [0, 0.1) is 0 Å². The highest BCUT2D eigenvalue weighted by molar-refractivity contribution is 7.91. The minimum atomic E-state index is -3.19. The third-order valence-electron chi connectivity index (χ3n) is 5.39. The van der Waals surface area contributed by atoms with Gasteiger partial charge >= 0.3 is 0 Å². The number of benzene rings is 2. The first kappa shape index (κ1) is 22.4. The summed E-state index contributed by atoms with van der Waals surface area (Å²) in [6.07, 6.45) is 0.377. The molecule has 0 radical (unpaired) electrons. The molecule has 0 N–H and O–H groups in total. The smallest absolute Gasteiger partial charge is 0.276 e. The summed E-state index contributed by atoms with van der Waals surface area (Å²) in [5.41, 5.74) is 1.60. The highest BCUT2D eigenvalue weighted by Gasteiger charge is 2.36. The van der Waals surface area contributed by atoms with Crippen LogP contribution in [0.4, 0.5) is 0 Å². The van der Waals surface area contributed by atoms with E-state index in [2.05, 4.69) is 5.16 Å². The van der Waals surface area contributed by atoms with Crippen molar-refractivity contribution in [1.29, 1.82) is 0 Å². The van der Waals surface area contributed by atoms with Gasteiger partial charge in [0.05, 0.1) is 18.1 Å². The molecule has 7 nitrogen and oxygen atoms in total. The van der Waals surface area contributed by atoms with Crippen LogP contribution in [0.2, 0.25) is 5.02 Å². The lowest BCUT2D eigenvalue weighted by atomic mass is 10.1. The zero-order chi connectivity index (χ0) is 22.7. The first-order chi connectivity index (χ1) is 15.4. The van der Waals surface area contributed by atoms with Crippen molar-refractivity contribution >= 4 is 27.3 Å². The molecule has 1 aliphatic heterocycles. The average Bonchev–Trinajstić information content (AvgIpc) is 3.40. The summed E-state index contributed by atoms with van der Waals surface area (Å²) < 4.78 is 35.0. The molecule has 2 heterocycles. The third-order valence-corrected chi connectivity index (χ3v) is 7.51. The fraction of sp³-hybridized carbons (Fsp3) is 0.304. The summed E-state index contributed by atoms with van der Waals surface area (Å²) in [5.74, 6) is 0.758. The minimum absolute atomic E-state index is 0.0558. The van der Waals surface area contributed by atoms with Crippen LogP contribution >= 0.6 is 11.6 Å². The number of aromatic nitrogens is 1. The van der Waals surface area contributed by atoms with E-state index in [-0.39, 0.29) is 23.7 Å². The maximum atomic E-state index is 13.4. The molecule has 1 fully saturated rings. The molecule has 0 aliphatic carbocycles. The summed E-state index contributed by atoms with van der Waals surface area (Å²) in [4.78, 5) is 14.9. The highest BCUT2D eigenvalue weighted by Crippen LogP contribution is 2.27. The minimum Gasteiger partial charge on any atom is -0.494 e. The van der Waals surface area contributed by atoms with Crippen LogP contribution in [0.25, 0.3) is 11.3 Å². The van der Waals surface area contributed by atoms with Gasteiger partial charge in [0.2, 0.25) is 0 Å². The van der Waals surface area contributed by atoms with Crippen LogP contribution in [0.3, 0.4) is 0 Å². The van der Waals surface area contributed by atoms with Crippen LogP contribution in [-0.4, -0.2) is 48.5 Å². The van der Waals surface area contributed by atoms with Crippen molar-refractivity contribution in [2.24, 2.45) is 0 Å². The number of carbonyl (C=O) groups is 1. The van der Waals surface area contributed by atoms with Crippen LogP contribution in [0.15, 0.2) is 59.1 Å². The molecule has 2 aromatic carbocycles. The molecular weight excluding hydrogens is 452 g/mol. The normalized spacial score (nSPS) is 17.2. The molecule has 0 bridgehead atoms. The quantitative estimate of drug-likeness (QED) is 0.509. The Bertz CT molecular complexity index is 1210. The first-order valence-corrected chi connectivity index (χ1v) is 12.5. The predicted octanol–water partition coefficient (Wildman–Crippen LogP) is 4.22. The Kier molecular flexibility index (Phi) is 6.53. The second kappa shape index (κ2) is 9.34. The number of ether oxygens (including phenoxy) is 1. The predicted molar refractivity (Wildman–Crippen MR) is 121 cm³/mol. The molecule has 168 valence electrons. The molecule has 0 saturated carbocycles. The van der Waals surface area contributed by atoms with E-state index in [1.807, 2.05) is 43.3 Å². The number of rotatable bonds is 7. The van der Waals surface area contributed by atoms with E-state index < -0.39 is 21.8 Å². The van der Waals surface area contributed by atoms with E-state index in [0.717, 1.165) is 16.9 Å². The molecule has 32 heavy (non-hydrogen) atoms. The van der Waals surface area contributed by atoms with E-state index in [1.165, 1.54) is 4.90 Å². The van der Waals surface area contributed by atoms with Gasteiger partial charge in [-0.1, -0.05) is 35.0 Å². The van der Waals surface area contributed by atoms with Crippen molar-refractivity contribution in [3.63, 3.8) is 0 Å². The molecular formula is C23H23ClN2O5S. The van der Waals surface area contributed by atoms with Crippen LogP contribution < -0.4 is 4.74 Å². The van der Waals surface area contributed by atoms with Gasteiger partial charge in [0.15, 0.2) is 21.3 Å². The van der Waals surface area contributed by atoms with Crippen molar-refractivity contribution in [3.8, 4) is 17.1 Å². The summed E-state index contributed by atoms with van der Waals surface area (Å²) in [5, 5.41) is 4.48. The number of nitrogens with zero attached hydrogens (tertiary/aromatic N) is 2. The van der Waals surface area contributed by atoms with E-state index in [1.54, 1.807) is 18.2 Å². The summed E-state index contributed by atoms with van der Waals surface area (Å²) in [7, 11) is -3.19. The lowest BCUT2D eigenvalue weighted by Gasteiger charge is -2.28. The Morgan fingerprint density at radius 2 is 1.97 bits per heavy atom. The van der Waals surface area contributed by atoms with Crippen molar-refractivity contribution < 1.29 is 22.5 Å². The molecule has 4 rings (SSSR count). The fourth-order valence-corrected chi connectivity index (χ4v) is 5.67. The monoisotopic (exact) mass is 474 g/mol. The number of halogens is 1. The van der Waals surface area contributed by atoms with Crippen LogP contribution in [0.5, 0.6) is 5.75 Å². The van der Waals surface area contributed by atoms with Crippen molar-refractivity contribution in [2.75, 3.05) is 18.1 Å². The van der Waals surface area contributed by atoms with Gasteiger partial charge in [-0.2, -0.15) is 0 Å². The first-order valence-electron chi connectivity index (χ1n) is 10.3. The molecule has 3 aromatic rings. The maximum Gasteiger partial charge on any atom is 0.276 e. The Morgan fingerprint density at radius 3 is 2.62 bits per heavy atom. The number of sulfone groups is 1. The van der Waals surface area contributed by atoms with Gasteiger partial charge in [0.25, 0.3) is 5.91 Å². The third kappa shape index (κ3) is 4.97. The van der Waals surface area contributed by atoms with E-state index in [4.69, 9.17) is 20.9 Å². The number of amides is 1. The fourth-order valence-electron chi connectivity index (χ4n) is 3.74. The van der Waals surface area contributed by atoms with Crippen LogP contribution in [0.1, 0.15) is 29.4 Å². The van der Waals surface area contributed by atoms with Gasteiger partial charge in [-0.25, -0.2) is 8.42 Å². The Labute approximate surface area is 191 Å². The van der Waals surface area contributed by atoms with E-state index in [9.17, 15) is 13.2 Å². The van der Waals surface area contributed by atoms with Gasteiger partial charge in [-0.15, -0.1) is 0 Å². The van der Waals surface area contributed by atoms with Crippen molar-refractivity contribution in [1.82, 2.24) is 10.1 Å². The van der Waals surface area contributed by atoms with Gasteiger partial charge in [-0.05, 0) is 49.2 Å². The molecule has 9 heteroatoms. The lowest BCUT2D eigenvalue weighted by molar-refractivity contribution is 0.0670. The second-order valence-electron chi connectivity index (χ2n) is 7.62. The number of hydrogen-bond acceptors (Lipinski definition) is 6. The zero-order valence-electron chi connectivity index (χ0n) is 17.5. The molecule has 1 amide bonds. The summed E-state index contributed by atoms with van der Waals surface area (Å²) in [6, 6.07) is 15.6. The maximum absolute atomic E-state index is 13.4. The topological polar surface area (TPSA) is 89.7 Å². The summed E-state index contributed by atoms with van der Waals surface area (Å²) >= 11 is 6.30. The molecule has 1 atom stereocenters. The largest absolute Gasteiger partial charge is 0.494 e. The van der Waals surface area contributed by atoms with E-state index in [0.29, 0.717) is 23.8 Å². The second-order valence-corrected chi connectivity index (χ2v) is 10.3. The Hall–Kier alpha value is -2.84. The SMILES string of the molecule is CCOc1ccc(-c2cc(C(=O)N(Cc3ccccc3Cl)[C@@H]3CCS(=O)(=O)C3)no2)cc1. The molecule has 0 unspecified atom stereocenters. The number of carbonyl (C=O) groups excluding carboxylic acids is 1. The number of hydrogen-bond donors (Lipinski definition) is 0. The van der Waals surface area contributed by atoms with Gasteiger partial charge in [-0.3, -0.25) is 4.79 Å². The van der Waals surface area contributed by atoms with Gasteiger partial charge in [0, 0.05) is 29.2 Å². The lowest BCUT2D eigenvalue weighted by Crippen LogP contribution is -2.40.